The lowest BCUT2D eigenvalue weighted by molar-refractivity contribution is -0.384. The fourth-order valence-electron chi connectivity index (χ4n) is 2.75. The van der Waals surface area contributed by atoms with Gasteiger partial charge in [-0.3, -0.25) is 19.7 Å². The number of amides is 1. The number of nitrogens with zero attached hydrogens (tertiary/aromatic N) is 1. The number of hydrogen-bond donors (Lipinski definition) is 1. The average molecular weight is 425 g/mol. The van der Waals surface area contributed by atoms with Gasteiger partial charge in [0.15, 0.2) is 6.10 Å². The van der Waals surface area contributed by atoms with Gasteiger partial charge in [0, 0.05) is 40.0 Å². The first-order chi connectivity index (χ1) is 14.3. The molecule has 0 saturated carbocycles. The molecule has 8 heteroatoms. The van der Waals surface area contributed by atoms with Crippen molar-refractivity contribution in [2.75, 3.05) is 5.32 Å². The Morgan fingerprint density at radius 2 is 1.70 bits per heavy atom. The number of ether oxygens (including phenoxy) is 1. The van der Waals surface area contributed by atoms with Gasteiger partial charge in [-0.05, 0) is 37.3 Å². The zero-order valence-electron chi connectivity index (χ0n) is 15.9. The predicted octanol–water partition coefficient (Wildman–Crippen LogP) is 5.15. The summed E-state index contributed by atoms with van der Waals surface area (Å²) >= 11 is 5.93. The van der Waals surface area contributed by atoms with Gasteiger partial charge < -0.3 is 10.1 Å². The van der Waals surface area contributed by atoms with E-state index in [1.807, 2.05) is 0 Å². The van der Waals surface area contributed by atoms with Crippen LogP contribution in [0.5, 0.6) is 5.75 Å². The minimum Gasteiger partial charge on any atom is -0.482 e. The Morgan fingerprint density at radius 3 is 2.43 bits per heavy atom. The molecule has 30 heavy (non-hydrogen) atoms. The second-order valence-corrected chi connectivity index (χ2v) is 6.86. The second-order valence-electron chi connectivity index (χ2n) is 6.42. The van der Waals surface area contributed by atoms with Crippen LogP contribution in [0.3, 0.4) is 0 Å². The first kappa shape index (κ1) is 21.0. The fraction of sp³-hybridized carbons (Fsp3) is 0.0909. The second kappa shape index (κ2) is 9.19. The number of benzene rings is 3. The monoisotopic (exact) mass is 424 g/mol. The van der Waals surface area contributed by atoms with Crippen LogP contribution < -0.4 is 10.1 Å². The number of Topliss-reactive ketones (excluding diaryl/α,β-unsaturated/α-hetero) is 1. The van der Waals surface area contributed by atoms with Crippen molar-refractivity contribution in [1.29, 1.82) is 0 Å². The Hall–Kier alpha value is -3.71. The molecule has 3 aromatic rings. The van der Waals surface area contributed by atoms with Crippen molar-refractivity contribution >= 4 is 34.7 Å². The van der Waals surface area contributed by atoms with Crippen molar-refractivity contribution in [3.05, 3.63) is 99.1 Å². The lowest BCUT2D eigenvalue weighted by Gasteiger charge is -2.15. The summed E-state index contributed by atoms with van der Waals surface area (Å²) in [5.74, 6) is -0.350. The molecule has 0 heterocycles. The molecular weight excluding hydrogens is 408 g/mol. The standard InChI is InChI=1S/C22H17ClN2O5/c1-14(21(26)15-5-2-7-17(23)11-15)30-20-10-4-8-18(13-20)24-22(27)16-6-3-9-19(12-16)25(28)29/h2-14H,1H3,(H,24,27). The number of ketones is 1. The van der Waals surface area contributed by atoms with Crippen molar-refractivity contribution in [2.45, 2.75) is 13.0 Å². The number of hydrogen-bond acceptors (Lipinski definition) is 5. The maximum absolute atomic E-state index is 12.5. The maximum atomic E-state index is 12.5. The molecule has 3 aromatic carbocycles. The third-order valence-corrected chi connectivity index (χ3v) is 4.44. The molecule has 1 unspecified atom stereocenters. The van der Waals surface area contributed by atoms with Gasteiger partial charge in [0.1, 0.15) is 5.75 Å². The van der Waals surface area contributed by atoms with Crippen LogP contribution in [-0.2, 0) is 0 Å². The van der Waals surface area contributed by atoms with Crippen molar-refractivity contribution in [1.82, 2.24) is 0 Å². The Bertz CT molecular complexity index is 1120. The van der Waals surface area contributed by atoms with Gasteiger partial charge in [0.2, 0.25) is 5.78 Å². The van der Waals surface area contributed by atoms with E-state index in [4.69, 9.17) is 16.3 Å². The topological polar surface area (TPSA) is 98.5 Å². The first-order valence-electron chi connectivity index (χ1n) is 8.96. The van der Waals surface area contributed by atoms with Crippen LogP contribution in [0.1, 0.15) is 27.6 Å². The van der Waals surface area contributed by atoms with E-state index in [0.29, 0.717) is 22.0 Å². The highest BCUT2D eigenvalue weighted by molar-refractivity contribution is 6.31. The number of carbonyl (C=O) groups excluding carboxylic acids is 2. The Kier molecular flexibility index (Phi) is 6.44. The normalized spacial score (nSPS) is 11.4. The van der Waals surface area contributed by atoms with Gasteiger partial charge in [0.25, 0.3) is 11.6 Å². The molecule has 0 aliphatic heterocycles. The zero-order valence-corrected chi connectivity index (χ0v) is 16.6. The Morgan fingerprint density at radius 1 is 1.00 bits per heavy atom. The van der Waals surface area contributed by atoms with E-state index in [1.165, 1.54) is 24.3 Å². The summed E-state index contributed by atoms with van der Waals surface area (Å²) in [4.78, 5) is 35.2. The summed E-state index contributed by atoms with van der Waals surface area (Å²) in [5.41, 5.74) is 0.838. The van der Waals surface area contributed by atoms with E-state index in [1.54, 1.807) is 55.5 Å². The van der Waals surface area contributed by atoms with Gasteiger partial charge in [0.05, 0.1) is 4.92 Å². The molecule has 0 saturated heterocycles. The molecule has 3 rings (SSSR count). The highest BCUT2D eigenvalue weighted by atomic mass is 35.5. The molecule has 152 valence electrons. The third kappa shape index (κ3) is 5.21. The molecule has 1 N–H and O–H groups in total. The quantitative estimate of drug-likeness (QED) is 0.321. The van der Waals surface area contributed by atoms with E-state index in [0.717, 1.165) is 0 Å². The van der Waals surface area contributed by atoms with E-state index >= 15 is 0 Å². The van der Waals surface area contributed by atoms with Gasteiger partial charge in [-0.25, -0.2) is 0 Å². The van der Waals surface area contributed by atoms with Crippen LogP contribution in [0.2, 0.25) is 5.02 Å². The van der Waals surface area contributed by atoms with E-state index in [2.05, 4.69) is 5.32 Å². The summed E-state index contributed by atoms with van der Waals surface area (Å²) in [6.45, 7) is 1.62. The van der Waals surface area contributed by atoms with Crippen LogP contribution in [0.15, 0.2) is 72.8 Å². The minimum atomic E-state index is -0.772. The lowest BCUT2D eigenvalue weighted by atomic mass is 10.1. The number of non-ortho nitro benzene ring substituents is 1. The summed E-state index contributed by atoms with van der Waals surface area (Å²) in [7, 11) is 0. The van der Waals surface area contributed by atoms with Crippen molar-refractivity contribution < 1.29 is 19.2 Å². The number of anilines is 1. The molecular formula is C22H17ClN2O5. The summed E-state index contributed by atoms with van der Waals surface area (Å²) < 4.78 is 5.72. The fourth-order valence-corrected chi connectivity index (χ4v) is 2.94. The summed E-state index contributed by atoms with van der Waals surface area (Å²) in [5, 5.41) is 14.0. The smallest absolute Gasteiger partial charge is 0.270 e. The number of halogens is 1. The van der Waals surface area contributed by atoms with Gasteiger partial charge in [-0.1, -0.05) is 35.9 Å². The summed E-state index contributed by atoms with van der Waals surface area (Å²) in [6, 6.07) is 18.5. The van der Waals surface area contributed by atoms with Gasteiger partial charge >= 0.3 is 0 Å². The molecule has 0 aromatic heterocycles. The maximum Gasteiger partial charge on any atom is 0.270 e. The number of rotatable bonds is 7. The first-order valence-corrected chi connectivity index (χ1v) is 9.33. The molecule has 0 fully saturated rings. The zero-order chi connectivity index (χ0) is 21.7. The Balaban J connectivity index is 1.70. The van der Waals surface area contributed by atoms with Crippen LogP contribution >= 0.6 is 11.6 Å². The van der Waals surface area contributed by atoms with Crippen LogP contribution in [0, 0.1) is 10.1 Å². The van der Waals surface area contributed by atoms with E-state index in [-0.39, 0.29) is 17.0 Å². The van der Waals surface area contributed by atoms with Crippen LogP contribution in [0.25, 0.3) is 0 Å². The number of nitro groups is 1. The predicted molar refractivity (Wildman–Crippen MR) is 113 cm³/mol. The SMILES string of the molecule is CC(Oc1cccc(NC(=O)c2cccc([N+](=O)[O-])c2)c1)C(=O)c1cccc(Cl)c1. The highest BCUT2D eigenvalue weighted by Crippen LogP contribution is 2.22. The van der Waals surface area contributed by atoms with Crippen LogP contribution in [0.4, 0.5) is 11.4 Å². The van der Waals surface area contributed by atoms with Gasteiger partial charge in [-0.15, -0.1) is 0 Å². The van der Waals surface area contributed by atoms with Crippen molar-refractivity contribution in [2.24, 2.45) is 0 Å². The van der Waals surface area contributed by atoms with Crippen LogP contribution in [-0.4, -0.2) is 22.7 Å². The van der Waals surface area contributed by atoms with Crippen molar-refractivity contribution in [3.8, 4) is 5.75 Å². The molecule has 0 bridgehead atoms. The van der Waals surface area contributed by atoms with E-state index in [9.17, 15) is 19.7 Å². The van der Waals surface area contributed by atoms with Crippen molar-refractivity contribution in [3.63, 3.8) is 0 Å². The molecule has 7 nitrogen and oxygen atoms in total. The molecule has 0 aliphatic rings. The minimum absolute atomic E-state index is 0.153. The molecule has 1 atom stereocenters. The largest absolute Gasteiger partial charge is 0.482 e. The number of nitrogens with one attached hydrogen (secondary N) is 1. The lowest BCUT2D eigenvalue weighted by Crippen LogP contribution is -2.24. The molecule has 1 amide bonds. The number of carbonyl (C=O) groups is 2. The number of nitro benzene ring substituents is 1. The van der Waals surface area contributed by atoms with E-state index < -0.39 is 16.9 Å². The summed E-state index contributed by atoms with van der Waals surface area (Å²) in [6.07, 6.45) is -0.772. The molecule has 0 radical (unpaired) electrons. The third-order valence-electron chi connectivity index (χ3n) is 4.20. The average Bonchev–Trinajstić information content (AvgIpc) is 2.73. The highest BCUT2D eigenvalue weighted by Gasteiger charge is 2.18. The Labute approximate surface area is 177 Å². The van der Waals surface area contributed by atoms with Gasteiger partial charge in [-0.2, -0.15) is 0 Å². The molecule has 0 aliphatic carbocycles. The molecule has 0 spiro atoms.